The van der Waals surface area contributed by atoms with Crippen LogP contribution in [0.4, 0.5) is 4.39 Å². The highest BCUT2D eigenvalue weighted by Gasteiger charge is 2.13. The van der Waals surface area contributed by atoms with Crippen molar-refractivity contribution in [1.82, 2.24) is 15.6 Å². The molecular weight excluding hydrogens is 376 g/mol. The van der Waals surface area contributed by atoms with E-state index in [1.807, 2.05) is 0 Å². The zero-order chi connectivity index (χ0) is 15.8. The molecule has 0 aliphatic rings. The smallest absolute Gasteiger partial charge is 0.270 e. The first kappa shape index (κ1) is 22.8. The van der Waals surface area contributed by atoms with Crippen LogP contribution in [0.2, 0.25) is 0 Å². The molecule has 0 fully saturated rings. The van der Waals surface area contributed by atoms with Crippen molar-refractivity contribution < 1.29 is 13.9 Å². The second-order valence-corrected chi connectivity index (χ2v) is 5.37. The van der Waals surface area contributed by atoms with Gasteiger partial charge in [-0.25, -0.2) is 9.37 Å². The summed E-state index contributed by atoms with van der Waals surface area (Å²) in [6.07, 6.45) is 0. The fourth-order valence-electron chi connectivity index (χ4n) is 1.79. The lowest BCUT2D eigenvalue weighted by molar-refractivity contribution is 0.0949. The third-order valence-corrected chi connectivity index (χ3v) is 3.79. The van der Waals surface area contributed by atoms with Gasteiger partial charge in [0, 0.05) is 37.7 Å². The van der Waals surface area contributed by atoms with Crippen molar-refractivity contribution in [2.75, 3.05) is 33.4 Å². The number of hydrogen-bond donors (Lipinski definition) is 2. The highest BCUT2D eigenvalue weighted by molar-refractivity contribution is 7.13. The number of aromatic nitrogens is 1. The molecule has 1 heterocycles. The summed E-state index contributed by atoms with van der Waals surface area (Å²) in [5, 5.41) is 8.02. The molecule has 1 amide bonds. The van der Waals surface area contributed by atoms with Crippen molar-refractivity contribution in [2.24, 2.45) is 0 Å². The number of benzene rings is 1. The summed E-state index contributed by atoms with van der Waals surface area (Å²) in [6, 6.07) is 6.39. The molecule has 0 saturated carbocycles. The van der Waals surface area contributed by atoms with E-state index in [1.54, 1.807) is 30.7 Å². The van der Waals surface area contributed by atoms with Gasteiger partial charge in [0.1, 0.15) is 16.5 Å². The summed E-state index contributed by atoms with van der Waals surface area (Å²) < 4.78 is 18.6. The highest BCUT2D eigenvalue weighted by Crippen LogP contribution is 2.25. The largest absolute Gasteiger partial charge is 0.383 e. The van der Waals surface area contributed by atoms with Crippen LogP contribution in [-0.4, -0.2) is 44.2 Å². The predicted octanol–water partition coefficient (Wildman–Crippen LogP) is 2.76. The summed E-state index contributed by atoms with van der Waals surface area (Å²) in [5.41, 5.74) is 0.716. The summed E-state index contributed by atoms with van der Waals surface area (Å²) in [4.78, 5) is 16.1. The number of carbonyl (C=O) groups is 1. The molecular formula is C15H20Cl2FN3O2S. The third-order valence-electron chi connectivity index (χ3n) is 2.91. The Kier molecular flexibility index (Phi) is 11.5. The molecule has 0 spiro atoms. The lowest BCUT2D eigenvalue weighted by Gasteiger charge is -2.05. The van der Waals surface area contributed by atoms with Crippen LogP contribution in [0.15, 0.2) is 29.6 Å². The van der Waals surface area contributed by atoms with Gasteiger partial charge < -0.3 is 15.4 Å². The number of halogens is 3. The van der Waals surface area contributed by atoms with E-state index < -0.39 is 0 Å². The molecule has 0 bridgehead atoms. The van der Waals surface area contributed by atoms with E-state index in [-0.39, 0.29) is 36.5 Å². The third kappa shape index (κ3) is 6.70. The zero-order valence-electron chi connectivity index (χ0n) is 13.1. The minimum atomic E-state index is -0.342. The molecule has 0 radical (unpaired) electrons. The molecule has 0 aliphatic carbocycles. The molecule has 0 aliphatic heterocycles. The van der Waals surface area contributed by atoms with Crippen LogP contribution in [0.3, 0.4) is 0 Å². The van der Waals surface area contributed by atoms with Gasteiger partial charge >= 0.3 is 0 Å². The lowest BCUT2D eigenvalue weighted by atomic mass is 10.2. The molecule has 1 aromatic carbocycles. The Morgan fingerprint density at radius 3 is 2.71 bits per heavy atom. The number of nitrogens with one attached hydrogen (secondary N) is 2. The summed E-state index contributed by atoms with van der Waals surface area (Å²) in [7, 11) is 1.64. The highest BCUT2D eigenvalue weighted by atomic mass is 35.5. The molecule has 0 saturated heterocycles. The van der Waals surface area contributed by atoms with Gasteiger partial charge in [-0.2, -0.15) is 0 Å². The number of rotatable bonds is 8. The van der Waals surface area contributed by atoms with Crippen LogP contribution in [0, 0.1) is 5.82 Å². The molecule has 2 aromatic rings. The van der Waals surface area contributed by atoms with Crippen molar-refractivity contribution in [2.45, 2.75) is 0 Å². The van der Waals surface area contributed by atoms with Crippen molar-refractivity contribution in [3.63, 3.8) is 0 Å². The van der Waals surface area contributed by atoms with Crippen LogP contribution >= 0.6 is 36.2 Å². The van der Waals surface area contributed by atoms with E-state index in [2.05, 4.69) is 15.6 Å². The van der Waals surface area contributed by atoms with Crippen LogP contribution in [0.25, 0.3) is 10.6 Å². The van der Waals surface area contributed by atoms with Gasteiger partial charge in [0.15, 0.2) is 0 Å². The Labute approximate surface area is 156 Å². The molecule has 0 unspecified atom stereocenters. The van der Waals surface area contributed by atoms with Crippen LogP contribution in [-0.2, 0) is 4.74 Å². The summed E-state index contributed by atoms with van der Waals surface area (Å²) in [5.74, 6) is -0.599. The second kappa shape index (κ2) is 12.2. The Bertz CT molecular complexity index is 628. The molecule has 2 rings (SSSR count). The number of methoxy groups -OCH3 is 1. The maximum absolute atomic E-state index is 13.7. The molecule has 9 heteroatoms. The summed E-state index contributed by atoms with van der Waals surface area (Å²) >= 11 is 1.25. The fourth-order valence-corrected chi connectivity index (χ4v) is 2.62. The fraction of sp³-hybridized carbons (Fsp3) is 0.333. The molecule has 0 atom stereocenters. The first-order valence-corrected chi connectivity index (χ1v) is 7.78. The SMILES string of the molecule is COCCNCCNC(=O)c1csc(-c2ccccc2F)n1.Cl.Cl. The number of ether oxygens (including phenoxy) is 1. The monoisotopic (exact) mass is 395 g/mol. The Balaban J connectivity index is 0.00000264. The average Bonchev–Trinajstić information content (AvgIpc) is 3.01. The molecule has 134 valence electrons. The van der Waals surface area contributed by atoms with Crippen molar-refractivity contribution in [3.8, 4) is 10.6 Å². The van der Waals surface area contributed by atoms with Crippen molar-refractivity contribution in [3.05, 3.63) is 41.2 Å². The lowest BCUT2D eigenvalue weighted by Crippen LogP contribution is -2.33. The minimum absolute atomic E-state index is 0. The second-order valence-electron chi connectivity index (χ2n) is 4.52. The summed E-state index contributed by atoms with van der Waals surface area (Å²) in [6.45, 7) is 2.51. The number of nitrogens with zero attached hydrogens (tertiary/aromatic N) is 1. The number of thiazole rings is 1. The van der Waals surface area contributed by atoms with E-state index in [9.17, 15) is 9.18 Å². The van der Waals surface area contributed by atoms with Crippen molar-refractivity contribution in [1.29, 1.82) is 0 Å². The predicted molar refractivity (Wildman–Crippen MR) is 99.1 cm³/mol. The van der Waals surface area contributed by atoms with Gasteiger partial charge in [0.05, 0.1) is 6.61 Å². The molecule has 24 heavy (non-hydrogen) atoms. The van der Waals surface area contributed by atoms with E-state index in [1.165, 1.54) is 17.4 Å². The van der Waals surface area contributed by atoms with E-state index in [0.717, 1.165) is 6.54 Å². The molecule has 1 aromatic heterocycles. The van der Waals surface area contributed by atoms with Gasteiger partial charge in [0.25, 0.3) is 5.91 Å². The Morgan fingerprint density at radius 2 is 2.00 bits per heavy atom. The van der Waals surface area contributed by atoms with Gasteiger partial charge in [0.2, 0.25) is 0 Å². The number of hydrogen-bond acceptors (Lipinski definition) is 5. The topological polar surface area (TPSA) is 63.2 Å². The molecule has 2 N–H and O–H groups in total. The quantitative estimate of drug-likeness (QED) is 0.674. The maximum atomic E-state index is 13.7. The minimum Gasteiger partial charge on any atom is -0.383 e. The molecule has 5 nitrogen and oxygen atoms in total. The van der Waals surface area contributed by atoms with Crippen molar-refractivity contribution >= 4 is 42.1 Å². The van der Waals surface area contributed by atoms with Crippen LogP contribution < -0.4 is 10.6 Å². The Morgan fingerprint density at radius 1 is 1.25 bits per heavy atom. The van der Waals surface area contributed by atoms with Gasteiger partial charge in [-0.3, -0.25) is 4.79 Å². The zero-order valence-corrected chi connectivity index (χ0v) is 15.5. The van der Waals surface area contributed by atoms with E-state index in [0.29, 0.717) is 36.0 Å². The average molecular weight is 396 g/mol. The van der Waals surface area contributed by atoms with E-state index in [4.69, 9.17) is 4.74 Å². The number of amides is 1. The van der Waals surface area contributed by atoms with Crippen LogP contribution in [0.5, 0.6) is 0 Å². The van der Waals surface area contributed by atoms with Gasteiger partial charge in [-0.05, 0) is 12.1 Å². The van der Waals surface area contributed by atoms with Gasteiger partial charge in [-0.15, -0.1) is 36.2 Å². The normalized spacial score (nSPS) is 9.75. The maximum Gasteiger partial charge on any atom is 0.270 e. The number of carbonyl (C=O) groups excluding carboxylic acids is 1. The van der Waals surface area contributed by atoms with E-state index >= 15 is 0 Å². The Hall–Kier alpha value is -1.25. The van der Waals surface area contributed by atoms with Gasteiger partial charge in [-0.1, -0.05) is 12.1 Å². The standard InChI is InChI=1S/C15H18FN3O2S.2ClH/c1-21-9-8-17-6-7-18-14(20)13-10-22-15(19-13)11-4-2-3-5-12(11)16;;/h2-5,10,17H,6-9H2,1H3,(H,18,20);2*1H. The first-order chi connectivity index (χ1) is 10.7. The van der Waals surface area contributed by atoms with Crippen LogP contribution in [0.1, 0.15) is 10.5 Å². The first-order valence-electron chi connectivity index (χ1n) is 6.90.